The minimum atomic E-state index is 0.184. The molecule has 1 aromatic heterocycles. The van der Waals surface area contributed by atoms with Gasteiger partial charge in [0, 0.05) is 11.6 Å². The molecule has 0 saturated carbocycles. The molecule has 0 aliphatic heterocycles. The summed E-state index contributed by atoms with van der Waals surface area (Å²) >= 11 is 0. The van der Waals surface area contributed by atoms with E-state index in [4.69, 9.17) is 5.84 Å². The number of hydrogen-bond donors (Lipinski definition) is 2. The summed E-state index contributed by atoms with van der Waals surface area (Å²) in [5.74, 6) is 6.38. The quantitative estimate of drug-likeness (QED) is 0.592. The van der Waals surface area contributed by atoms with E-state index < -0.39 is 0 Å². The van der Waals surface area contributed by atoms with E-state index in [1.807, 2.05) is 24.4 Å². The number of benzene rings is 1. The van der Waals surface area contributed by atoms with Gasteiger partial charge in [0.25, 0.3) is 0 Å². The molecule has 2 unspecified atom stereocenters. The fraction of sp³-hybridized carbons (Fsp3) is 0.471. The van der Waals surface area contributed by atoms with Crippen molar-refractivity contribution in [1.29, 1.82) is 0 Å². The maximum absolute atomic E-state index is 5.82. The summed E-state index contributed by atoms with van der Waals surface area (Å²) in [6.45, 7) is 4.47. The van der Waals surface area contributed by atoms with Crippen LogP contribution in [0, 0.1) is 5.92 Å². The van der Waals surface area contributed by atoms with Crippen LogP contribution in [0.25, 0.3) is 10.9 Å². The number of para-hydroxylation sites is 1. The lowest BCUT2D eigenvalue weighted by Crippen LogP contribution is -2.33. The summed E-state index contributed by atoms with van der Waals surface area (Å²) in [6, 6.07) is 10.6. The molecule has 20 heavy (non-hydrogen) atoms. The average molecular weight is 271 g/mol. The third-order valence-corrected chi connectivity index (χ3v) is 4.07. The highest BCUT2D eigenvalue weighted by molar-refractivity contribution is 5.78. The SMILES string of the molecule is CCCCC(CC)C(NN)c1cnc2ccccc2c1. The standard InChI is InChI=1S/C17H25N3/c1-3-5-8-13(4-2)17(20-18)15-11-14-9-6-7-10-16(14)19-12-15/h6-7,9-13,17,20H,3-5,8,18H2,1-2H3. The van der Waals surface area contributed by atoms with E-state index in [-0.39, 0.29) is 6.04 Å². The smallest absolute Gasteiger partial charge is 0.0702 e. The number of pyridine rings is 1. The fourth-order valence-electron chi connectivity index (χ4n) is 2.84. The summed E-state index contributed by atoms with van der Waals surface area (Å²) in [7, 11) is 0. The first-order valence-corrected chi connectivity index (χ1v) is 7.61. The molecule has 1 aromatic carbocycles. The van der Waals surface area contributed by atoms with Crippen molar-refractivity contribution in [3.05, 3.63) is 42.1 Å². The van der Waals surface area contributed by atoms with E-state index in [9.17, 15) is 0 Å². The molecular formula is C17H25N3. The van der Waals surface area contributed by atoms with Crippen LogP contribution in [0.4, 0.5) is 0 Å². The Bertz CT molecular complexity index is 539. The third-order valence-electron chi connectivity index (χ3n) is 4.07. The molecule has 0 fully saturated rings. The molecule has 2 atom stereocenters. The monoisotopic (exact) mass is 271 g/mol. The van der Waals surface area contributed by atoms with Gasteiger partial charge in [-0.1, -0.05) is 51.3 Å². The third kappa shape index (κ3) is 3.35. The molecular weight excluding hydrogens is 246 g/mol. The number of hydrogen-bond acceptors (Lipinski definition) is 3. The summed E-state index contributed by atoms with van der Waals surface area (Å²) in [5.41, 5.74) is 5.23. The number of rotatable bonds is 7. The molecule has 0 amide bonds. The van der Waals surface area contributed by atoms with Gasteiger partial charge in [0.1, 0.15) is 0 Å². The van der Waals surface area contributed by atoms with Crippen molar-refractivity contribution >= 4 is 10.9 Å². The molecule has 108 valence electrons. The molecule has 2 rings (SSSR count). The Morgan fingerprint density at radius 1 is 1.25 bits per heavy atom. The second kappa shape index (κ2) is 7.36. The molecule has 3 heteroatoms. The number of fused-ring (bicyclic) bond motifs is 1. The fourth-order valence-corrected chi connectivity index (χ4v) is 2.84. The van der Waals surface area contributed by atoms with Gasteiger partial charge in [0.05, 0.1) is 11.6 Å². The largest absolute Gasteiger partial charge is 0.271 e. The van der Waals surface area contributed by atoms with Crippen molar-refractivity contribution in [2.45, 2.75) is 45.6 Å². The number of aromatic nitrogens is 1. The van der Waals surface area contributed by atoms with Crippen LogP contribution in [0.15, 0.2) is 36.5 Å². The van der Waals surface area contributed by atoms with E-state index in [1.54, 1.807) is 0 Å². The highest BCUT2D eigenvalue weighted by Gasteiger charge is 2.20. The minimum Gasteiger partial charge on any atom is -0.271 e. The first-order valence-electron chi connectivity index (χ1n) is 7.61. The van der Waals surface area contributed by atoms with Gasteiger partial charge < -0.3 is 0 Å². The minimum absolute atomic E-state index is 0.184. The molecule has 3 N–H and O–H groups in total. The number of nitrogens with two attached hydrogens (primary N) is 1. The predicted octanol–water partition coefficient (Wildman–Crippen LogP) is 3.96. The van der Waals surface area contributed by atoms with Gasteiger partial charge >= 0.3 is 0 Å². The zero-order chi connectivity index (χ0) is 14.4. The van der Waals surface area contributed by atoms with Crippen molar-refractivity contribution in [3.8, 4) is 0 Å². The lowest BCUT2D eigenvalue weighted by atomic mass is 9.87. The van der Waals surface area contributed by atoms with Crippen LogP contribution in [-0.2, 0) is 0 Å². The lowest BCUT2D eigenvalue weighted by molar-refractivity contribution is 0.326. The summed E-state index contributed by atoms with van der Waals surface area (Å²) in [6.07, 6.45) is 6.76. The predicted molar refractivity (Wildman–Crippen MR) is 85.1 cm³/mol. The van der Waals surface area contributed by atoms with Crippen LogP contribution < -0.4 is 11.3 Å². The van der Waals surface area contributed by atoms with Gasteiger partial charge in [-0.05, 0) is 30.0 Å². The molecule has 0 bridgehead atoms. The molecule has 0 spiro atoms. The highest BCUT2D eigenvalue weighted by atomic mass is 15.2. The van der Waals surface area contributed by atoms with Crippen molar-refractivity contribution < 1.29 is 0 Å². The molecule has 0 saturated heterocycles. The zero-order valence-electron chi connectivity index (χ0n) is 12.5. The van der Waals surface area contributed by atoms with E-state index in [0.717, 1.165) is 11.9 Å². The molecule has 1 heterocycles. The second-order valence-corrected chi connectivity index (χ2v) is 5.42. The number of nitrogens with zero attached hydrogens (tertiary/aromatic N) is 1. The number of unbranched alkanes of at least 4 members (excludes halogenated alkanes) is 1. The highest BCUT2D eigenvalue weighted by Crippen LogP contribution is 2.29. The van der Waals surface area contributed by atoms with E-state index >= 15 is 0 Å². The normalized spacial score (nSPS) is 14.3. The van der Waals surface area contributed by atoms with Gasteiger partial charge in [0.2, 0.25) is 0 Å². The molecule has 0 aliphatic carbocycles. The Morgan fingerprint density at radius 2 is 2.05 bits per heavy atom. The van der Waals surface area contributed by atoms with Crippen LogP contribution in [0.1, 0.15) is 51.1 Å². The van der Waals surface area contributed by atoms with Crippen LogP contribution in [0.2, 0.25) is 0 Å². The Morgan fingerprint density at radius 3 is 2.75 bits per heavy atom. The maximum atomic E-state index is 5.82. The van der Waals surface area contributed by atoms with Gasteiger partial charge in [0.15, 0.2) is 0 Å². The molecule has 3 nitrogen and oxygen atoms in total. The van der Waals surface area contributed by atoms with Gasteiger partial charge in [-0.3, -0.25) is 16.3 Å². The summed E-state index contributed by atoms with van der Waals surface area (Å²) in [5, 5.41) is 1.18. The Labute approximate surface area is 121 Å². The van der Waals surface area contributed by atoms with Gasteiger partial charge in [-0.15, -0.1) is 0 Å². The summed E-state index contributed by atoms with van der Waals surface area (Å²) in [4.78, 5) is 4.55. The summed E-state index contributed by atoms with van der Waals surface area (Å²) < 4.78 is 0. The molecule has 0 aliphatic rings. The zero-order valence-corrected chi connectivity index (χ0v) is 12.5. The maximum Gasteiger partial charge on any atom is 0.0702 e. The topological polar surface area (TPSA) is 50.9 Å². The first-order chi connectivity index (χ1) is 9.80. The van der Waals surface area contributed by atoms with Crippen molar-refractivity contribution in [2.75, 3.05) is 0 Å². The number of hydrazine groups is 1. The number of nitrogens with one attached hydrogen (secondary N) is 1. The van der Waals surface area contributed by atoms with Gasteiger partial charge in [-0.25, -0.2) is 0 Å². The molecule has 0 radical (unpaired) electrons. The first kappa shape index (κ1) is 14.9. The lowest BCUT2D eigenvalue weighted by Gasteiger charge is -2.26. The van der Waals surface area contributed by atoms with E-state index in [2.05, 4.69) is 36.4 Å². The Balaban J connectivity index is 2.27. The van der Waals surface area contributed by atoms with Crippen LogP contribution in [0.3, 0.4) is 0 Å². The van der Waals surface area contributed by atoms with Crippen LogP contribution in [0.5, 0.6) is 0 Å². The van der Waals surface area contributed by atoms with Gasteiger partial charge in [-0.2, -0.15) is 0 Å². The Hall–Kier alpha value is -1.45. The Kier molecular flexibility index (Phi) is 5.50. The van der Waals surface area contributed by atoms with Crippen molar-refractivity contribution in [1.82, 2.24) is 10.4 Å². The molecule has 2 aromatic rings. The van der Waals surface area contributed by atoms with Crippen LogP contribution in [-0.4, -0.2) is 4.98 Å². The van der Waals surface area contributed by atoms with Crippen LogP contribution >= 0.6 is 0 Å². The van der Waals surface area contributed by atoms with E-state index in [0.29, 0.717) is 5.92 Å². The average Bonchev–Trinajstić information content (AvgIpc) is 2.51. The van der Waals surface area contributed by atoms with E-state index in [1.165, 1.54) is 30.2 Å². The van der Waals surface area contributed by atoms with Crippen molar-refractivity contribution in [2.24, 2.45) is 11.8 Å². The van der Waals surface area contributed by atoms with Crippen molar-refractivity contribution in [3.63, 3.8) is 0 Å². The second-order valence-electron chi connectivity index (χ2n) is 5.42.